The van der Waals surface area contributed by atoms with Gasteiger partial charge in [0.15, 0.2) is 11.5 Å². The molecule has 2 saturated heterocycles. The van der Waals surface area contributed by atoms with Crippen LogP contribution < -0.4 is 20.5 Å². The highest BCUT2D eigenvalue weighted by atomic mass is 16.5. The number of fused-ring (bicyclic) bond motifs is 2. The van der Waals surface area contributed by atoms with Crippen molar-refractivity contribution in [3.05, 3.63) is 23.8 Å². The van der Waals surface area contributed by atoms with Crippen LogP contribution in [-0.4, -0.2) is 68.8 Å². The number of carbonyl (C=O) groups is 1. The lowest BCUT2D eigenvalue weighted by atomic mass is 9.80. The first kappa shape index (κ1) is 31.7. The second-order valence-corrected chi connectivity index (χ2v) is 12.2. The Balaban J connectivity index is 1.58. The largest absolute Gasteiger partial charge is 0.493 e. The molecule has 0 aromatic heterocycles. The number of aliphatic hydroxyl groups is 1. The highest BCUT2D eigenvalue weighted by Gasteiger charge is 2.42. The molecule has 0 saturated carbocycles. The minimum absolute atomic E-state index is 0.00840. The van der Waals surface area contributed by atoms with Crippen molar-refractivity contribution in [1.29, 1.82) is 0 Å². The van der Waals surface area contributed by atoms with Crippen molar-refractivity contribution in [2.24, 2.45) is 29.4 Å². The summed E-state index contributed by atoms with van der Waals surface area (Å²) in [6.45, 7) is 9.66. The fourth-order valence-electron chi connectivity index (χ4n) is 5.94. The van der Waals surface area contributed by atoms with Gasteiger partial charge in [0.2, 0.25) is 5.91 Å². The Labute approximate surface area is 235 Å². The molecule has 222 valence electrons. The van der Waals surface area contributed by atoms with E-state index in [1.165, 1.54) is 0 Å². The minimum atomic E-state index is -0.753. The molecule has 7 atom stereocenters. The Morgan fingerprint density at radius 1 is 1.10 bits per heavy atom. The fraction of sp³-hybridized carbons (Fsp3) is 0.774. The molecule has 0 aliphatic carbocycles. The molecule has 2 fully saturated rings. The van der Waals surface area contributed by atoms with Crippen molar-refractivity contribution < 1.29 is 28.8 Å². The lowest BCUT2D eigenvalue weighted by Crippen LogP contribution is -2.47. The first-order valence-corrected chi connectivity index (χ1v) is 14.8. The van der Waals surface area contributed by atoms with Crippen LogP contribution in [0.3, 0.4) is 0 Å². The summed E-state index contributed by atoms with van der Waals surface area (Å²) in [7, 11) is 3.33. The Hall–Kier alpha value is -1.87. The molecule has 8 heteroatoms. The number of nitrogens with one attached hydrogen (secondary N) is 1. The van der Waals surface area contributed by atoms with Crippen LogP contribution in [0.15, 0.2) is 18.2 Å². The van der Waals surface area contributed by atoms with Crippen LogP contribution >= 0.6 is 0 Å². The van der Waals surface area contributed by atoms with Crippen molar-refractivity contribution >= 4 is 5.91 Å². The van der Waals surface area contributed by atoms with Gasteiger partial charge in [0.1, 0.15) is 0 Å². The Kier molecular flexibility index (Phi) is 12.4. The minimum Gasteiger partial charge on any atom is -0.493 e. The van der Waals surface area contributed by atoms with Crippen molar-refractivity contribution in [2.75, 3.05) is 27.4 Å². The number of benzene rings is 1. The van der Waals surface area contributed by atoms with E-state index in [2.05, 4.69) is 25.2 Å². The summed E-state index contributed by atoms with van der Waals surface area (Å²) >= 11 is 0. The molecular formula is C31H52N2O6. The van der Waals surface area contributed by atoms with Gasteiger partial charge in [-0.15, -0.1) is 0 Å². The number of aliphatic hydroxyl groups excluding tert-OH is 1. The monoisotopic (exact) mass is 548 g/mol. The molecule has 2 bridgehead atoms. The second-order valence-electron chi connectivity index (χ2n) is 12.2. The molecule has 1 aromatic rings. The van der Waals surface area contributed by atoms with Gasteiger partial charge in [0.05, 0.1) is 38.1 Å². The average Bonchev–Trinajstić information content (AvgIpc) is 3.52. The van der Waals surface area contributed by atoms with E-state index in [1.54, 1.807) is 14.2 Å². The molecule has 0 spiro atoms. The second kappa shape index (κ2) is 15.2. The van der Waals surface area contributed by atoms with Gasteiger partial charge in [-0.2, -0.15) is 0 Å². The molecule has 4 N–H and O–H groups in total. The number of hydrogen-bond donors (Lipinski definition) is 3. The molecule has 0 radical (unpaired) electrons. The van der Waals surface area contributed by atoms with Gasteiger partial charge in [0.25, 0.3) is 0 Å². The van der Waals surface area contributed by atoms with Gasteiger partial charge < -0.3 is 35.1 Å². The van der Waals surface area contributed by atoms with E-state index < -0.39 is 12.1 Å². The summed E-state index contributed by atoms with van der Waals surface area (Å²) in [4.78, 5) is 13.2. The lowest BCUT2D eigenvalue weighted by Gasteiger charge is -2.31. The van der Waals surface area contributed by atoms with Crippen molar-refractivity contribution in [1.82, 2.24) is 5.32 Å². The van der Waals surface area contributed by atoms with Gasteiger partial charge in [-0.3, -0.25) is 4.79 Å². The number of carbonyl (C=O) groups excluding carboxylic acids is 1. The van der Waals surface area contributed by atoms with E-state index in [0.29, 0.717) is 37.7 Å². The predicted octanol–water partition coefficient (Wildman–Crippen LogP) is 4.10. The van der Waals surface area contributed by atoms with E-state index in [1.807, 2.05) is 26.0 Å². The first-order chi connectivity index (χ1) is 18.6. The maximum absolute atomic E-state index is 13.2. The Morgan fingerprint density at radius 3 is 2.46 bits per heavy atom. The molecule has 2 aliphatic rings. The van der Waals surface area contributed by atoms with E-state index in [0.717, 1.165) is 43.4 Å². The summed E-state index contributed by atoms with van der Waals surface area (Å²) in [5.41, 5.74) is 7.73. The molecule has 1 aromatic carbocycles. The molecular weight excluding hydrogens is 496 g/mol. The van der Waals surface area contributed by atoms with Crippen LogP contribution in [0, 0.1) is 23.7 Å². The predicted molar refractivity (Wildman–Crippen MR) is 153 cm³/mol. The average molecular weight is 549 g/mol. The maximum atomic E-state index is 13.2. The van der Waals surface area contributed by atoms with Crippen LogP contribution in [0.1, 0.15) is 71.8 Å². The third kappa shape index (κ3) is 9.07. The van der Waals surface area contributed by atoms with Crippen molar-refractivity contribution in [2.45, 2.75) is 103 Å². The van der Waals surface area contributed by atoms with Gasteiger partial charge in [-0.05, 0) is 74.0 Å². The zero-order chi connectivity index (χ0) is 28.5. The number of amides is 1. The van der Waals surface area contributed by atoms with Gasteiger partial charge in [-0.1, -0.05) is 33.8 Å². The van der Waals surface area contributed by atoms with Gasteiger partial charge in [-0.25, -0.2) is 0 Å². The SMILES string of the molecule is COCCCOc1cc(C[C@@H](C[C@H](N)[C@@H](O)C[C@H](C(=O)NC2CC3CCC2O3)C(C)C)C(C)C)ccc1OC. The number of nitrogens with two attached hydrogens (primary N) is 1. The molecule has 8 nitrogen and oxygen atoms in total. The summed E-state index contributed by atoms with van der Waals surface area (Å²) in [5.74, 6) is 1.90. The van der Waals surface area contributed by atoms with Crippen LogP contribution in [0.2, 0.25) is 0 Å². The molecule has 2 aliphatic heterocycles. The first-order valence-electron chi connectivity index (χ1n) is 14.8. The molecule has 1 amide bonds. The van der Waals surface area contributed by atoms with E-state index >= 15 is 0 Å². The zero-order valence-corrected chi connectivity index (χ0v) is 24.9. The normalized spacial score (nSPS) is 23.6. The van der Waals surface area contributed by atoms with E-state index in [-0.39, 0.29) is 41.9 Å². The highest BCUT2D eigenvalue weighted by molar-refractivity contribution is 5.79. The standard InChI is InChI=1S/C31H52N2O6/c1-19(2)22(14-21-8-10-29(37-6)30(15-21)38-13-7-12-36-5)16-25(32)27(34)18-24(20(3)4)31(35)33-26-17-23-9-11-28(26)39-23/h8,10,15,19-20,22-28,34H,7,9,11-14,16-18,32H2,1-6H3,(H,33,35)/t22-,23?,24-,25-,26?,27-,28?/m0/s1. The third-order valence-corrected chi connectivity index (χ3v) is 8.56. The highest BCUT2D eigenvalue weighted by Crippen LogP contribution is 2.35. The van der Waals surface area contributed by atoms with Crippen molar-refractivity contribution in [3.63, 3.8) is 0 Å². The third-order valence-electron chi connectivity index (χ3n) is 8.56. The Morgan fingerprint density at radius 2 is 1.87 bits per heavy atom. The topological polar surface area (TPSA) is 112 Å². The fourth-order valence-corrected chi connectivity index (χ4v) is 5.94. The maximum Gasteiger partial charge on any atom is 0.223 e. The van der Waals surface area contributed by atoms with Crippen LogP contribution in [-0.2, 0) is 20.7 Å². The summed E-state index contributed by atoms with van der Waals surface area (Å²) in [6.07, 6.45) is 5.32. The summed E-state index contributed by atoms with van der Waals surface area (Å²) in [6, 6.07) is 5.73. The number of hydrogen-bond acceptors (Lipinski definition) is 7. The molecule has 3 unspecified atom stereocenters. The van der Waals surface area contributed by atoms with Crippen molar-refractivity contribution in [3.8, 4) is 11.5 Å². The number of ether oxygens (including phenoxy) is 4. The van der Waals surface area contributed by atoms with Crippen LogP contribution in [0.4, 0.5) is 0 Å². The number of methoxy groups -OCH3 is 2. The molecule has 3 rings (SSSR count). The lowest BCUT2D eigenvalue weighted by molar-refractivity contribution is -0.128. The van der Waals surface area contributed by atoms with Gasteiger partial charge in [0, 0.05) is 32.1 Å². The smallest absolute Gasteiger partial charge is 0.223 e. The quantitative estimate of drug-likeness (QED) is 0.251. The summed E-state index contributed by atoms with van der Waals surface area (Å²) in [5, 5.41) is 14.3. The Bertz CT molecular complexity index is 894. The van der Waals surface area contributed by atoms with Crippen LogP contribution in [0.25, 0.3) is 0 Å². The summed E-state index contributed by atoms with van der Waals surface area (Å²) < 4.78 is 22.5. The molecule has 39 heavy (non-hydrogen) atoms. The van der Waals surface area contributed by atoms with Gasteiger partial charge >= 0.3 is 0 Å². The molecule has 2 heterocycles. The van der Waals surface area contributed by atoms with E-state index in [9.17, 15) is 9.90 Å². The van der Waals surface area contributed by atoms with Crippen LogP contribution in [0.5, 0.6) is 11.5 Å². The van der Waals surface area contributed by atoms with E-state index in [4.69, 9.17) is 24.7 Å². The zero-order valence-electron chi connectivity index (χ0n) is 24.9. The number of rotatable bonds is 17.